The van der Waals surface area contributed by atoms with Crippen LogP contribution in [0.15, 0.2) is 29.9 Å². The van der Waals surface area contributed by atoms with Crippen molar-refractivity contribution in [2.24, 2.45) is 7.05 Å². The van der Waals surface area contributed by atoms with Crippen LogP contribution in [0.1, 0.15) is 10.5 Å². The standard InChI is InChI=1S/C12H9ClN4OS2/c1-17-5-7(4-14-17)15-11(18)8-6-19-12(16-8)9-2-3-10(13)20-9/h2-6H,1H3,(H,15,18). The molecular formula is C12H9ClN4OS2. The lowest BCUT2D eigenvalue weighted by Crippen LogP contribution is -2.11. The number of hydrogen-bond donors (Lipinski definition) is 1. The van der Waals surface area contributed by atoms with Crippen LogP contribution in [0.3, 0.4) is 0 Å². The van der Waals surface area contributed by atoms with Crippen LogP contribution < -0.4 is 5.32 Å². The second kappa shape index (κ2) is 5.35. The molecule has 0 aliphatic heterocycles. The summed E-state index contributed by atoms with van der Waals surface area (Å²) < 4.78 is 2.33. The average Bonchev–Trinajstić information content (AvgIpc) is 3.10. The minimum Gasteiger partial charge on any atom is -0.318 e. The normalized spacial score (nSPS) is 10.7. The van der Waals surface area contributed by atoms with Crippen molar-refractivity contribution in [2.45, 2.75) is 0 Å². The van der Waals surface area contributed by atoms with Gasteiger partial charge >= 0.3 is 0 Å². The number of anilines is 1. The van der Waals surface area contributed by atoms with E-state index in [1.165, 1.54) is 22.7 Å². The van der Waals surface area contributed by atoms with E-state index < -0.39 is 0 Å². The third-order valence-corrected chi connectivity index (χ3v) is 4.73. The maximum atomic E-state index is 12.0. The molecule has 20 heavy (non-hydrogen) atoms. The highest BCUT2D eigenvalue weighted by Crippen LogP contribution is 2.32. The molecule has 3 aromatic rings. The van der Waals surface area contributed by atoms with Gasteiger partial charge in [-0.1, -0.05) is 11.6 Å². The lowest BCUT2D eigenvalue weighted by molar-refractivity contribution is 0.102. The second-order valence-corrected chi connectivity index (χ2v) is 6.57. The van der Waals surface area contributed by atoms with Crippen molar-refractivity contribution in [3.05, 3.63) is 39.9 Å². The first-order valence-electron chi connectivity index (χ1n) is 5.63. The average molecular weight is 325 g/mol. The Morgan fingerprint density at radius 2 is 2.30 bits per heavy atom. The van der Waals surface area contributed by atoms with Crippen molar-refractivity contribution in [3.8, 4) is 9.88 Å². The van der Waals surface area contributed by atoms with Crippen LogP contribution in [-0.2, 0) is 7.05 Å². The SMILES string of the molecule is Cn1cc(NC(=O)c2csc(-c3ccc(Cl)s3)n2)cn1. The topological polar surface area (TPSA) is 59.8 Å². The third-order valence-electron chi connectivity index (χ3n) is 2.48. The van der Waals surface area contributed by atoms with Crippen LogP contribution in [0, 0.1) is 0 Å². The van der Waals surface area contributed by atoms with Crippen LogP contribution in [-0.4, -0.2) is 20.7 Å². The molecule has 8 heteroatoms. The van der Waals surface area contributed by atoms with Gasteiger partial charge in [0.2, 0.25) is 0 Å². The van der Waals surface area contributed by atoms with Crippen molar-refractivity contribution >= 4 is 45.9 Å². The van der Waals surface area contributed by atoms with E-state index in [0.717, 1.165) is 9.88 Å². The highest BCUT2D eigenvalue weighted by molar-refractivity contribution is 7.23. The molecule has 102 valence electrons. The summed E-state index contributed by atoms with van der Waals surface area (Å²) in [7, 11) is 1.79. The van der Waals surface area contributed by atoms with Gasteiger partial charge in [0.1, 0.15) is 10.7 Å². The molecule has 0 aromatic carbocycles. The van der Waals surface area contributed by atoms with Gasteiger partial charge in [0.25, 0.3) is 5.91 Å². The summed E-state index contributed by atoms with van der Waals surface area (Å²) >= 11 is 8.76. The molecule has 0 spiro atoms. The Hall–Kier alpha value is -1.70. The molecule has 0 fully saturated rings. The quantitative estimate of drug-likeness (QED) is 0.802. The Bertz CT molecular complexity index is 761. The first-order valence-corrected chi connectivity index (χ1v) is 7.70. The highest BCUT2D eigenvalue weighted by atomic mass is 35.5. The van der Waals surface area contributed by atoms with E-state index >= 15 is 0 Å². The van der Waals surface area contributed by atoms with Gasteiger partial charge in [-0.2, -0.15) is 5.10 Å². The third kappa shape index (κ3) is 2.74. The predicted molar refractivity (Wildman–Crippen MR) is 81.6 cm³/mol. The van der Waals surface area contributed by atoms with Gasteiger partial charge in [-0.25, -0.2) is 4.98 Å². The minimum atomic E-state index is -0.247. The maximum absolute atomic E-state index is 12.0. The molecule has 1 amide bonds. The zero-order chi connectivity index (χ0) is 14.1. The Kier molecular flexibility index (Phi) is 3.56. The van der Waals surface area contributed by atoms with E-state index in [0.29, 0.717) is 15.7 Å². The largest absolute Gasteiger partial charge is 0.318 e. The fourth-order valence-electron chi connectivity index (χ4n) is 1.60. The predicted octanol–water partition coefficient (Wildman–Crippen LogP) is 3.51. The molecule has 1 N–H and O–H groups in total. The smallest absolute Gasteiger partial charge is 0.275 e. The number of nitrogens with zero attached hydrogens (tertiary/aromatic N) is 3. The summed E-state index contributed by atoms with van der Waals surface area (Å²) in [6.07, 6.45) is 3.31. The fraction of sp³-hybridized carbons (Fsp3) is 0.0833. The van der Waals surface area contributed by atoms with Gasteiger partial charge in [-0.3, -0.25) is 9.48 Å². The van der Waals surface area contributed by atoms with Gasteiger partial charge < -0.3 is 5.32 Å². The molecule has 0 atom stereocenters. The van der Waals surface area contributed by atoms with Gasteiger partial charge in [0, 0.05) is 18.6 Å². The number of thiazole rings is 1. The zero-order valence-electron chi connectivity index (χ0n) is 10.3. The number of amides is 1. The maximum Gasteiger partial charge on any atom is 0.275 e. The molecule has 0 unspecified atom stereocenters. The van der Waals surface area contributed by atoms with Gasteiger partial charge in [0.15, 0.2) is 0 Å². The Balaban J connectivity index is 1.78. The van der Waals surface area contributed by atoms with Gasteiger partial charge in [-0.05, 0) is 12.1 Å². The van der Waals surface area contributed by atoms with Crippen LogP contribution in [0.25, 0.3) is 9.88 Å². The summed E-state index contributed by atoms with van der Waals surface area (Å²) in [4.78, 5) is 17.3. The summed E-state index contributed by atoms with van der Waals surface area (Å²) in [5.74, 6) is -0.247. The molecule has 3 rings (SSSR count). The molecule has 0 saturated heterocycles. The number of carbonyl (C=O) groups is 1. The molecule has 0 bridgehead atoms. The van der Waals surface area contributed by atoms with Crippen molar-refractivity contribution in [3.63, 3.8) is 0 Å². The summed E-state index contributed by atoms with van der Waals surface area (Å²) in [5.41, 5.74) is 1.03. The van der Waals surface area contributed by atoms with Crippen molar-refractivity contribution in [1.82, 2.24) is 14.8 Å². The molecule has 0 aliphatic carbocycles. The van der Waals surface area contributed by atoms with Crippen molar-refractivity contribution < 1.29 is 4.79 Å². The Morgan fingerprint density at radius 3 is 2.95 bits per heavy atom. The Morgan fingerprint density at radius 1 is 1.45 bits per heavy atom. The summed E-state index contributed by atoms with van der Waals surface area (Å²) in [6.45, 7) is 0. The fourth-order valence-corrected chi connectivity index (χ4v) is 3.52. The van der Waals surface area contributed by atoms with E-state index in [2.05, 4.69) is 15.4 Å². The van der Waals surface area contributed by atoms with E-state index in [-0.39, 0.29) is 5.91 Å². The summed E-state index contributed by atoms with van der Waals surface area (Å²) in [6, 6.07) is 3.72. The van der Waals surface area contributed by atoms with Crippen LogP contribution in [0.2, 0.25) is 4.34 Å². The number of hydrogen-bond acceptors (Lipinski definition) is 5. The second-order valence-electron chi connectivity index (χ2n) is 4.00. The monoisotopic (exact) mass is 324 g/mol. The van der Waals surface area contributed by atoms with E-state index in [1.807, 2.05) is 12.1 Å². The van der Waals surface area contributed by atoms with E-state index in [9.17, 15) is 4.79 Å². The summed E-state index contributed by atoms with van der Waals surface area (Å²) in [5, 5.41) is 9.26. The lowest BCUT2D eigenvalue weighted by Gasteiger charge is -1.97. The molecule has 0 radical (unpaired) electrons. The van der Waals surface area contributed by atoms with E-state index in [1.54, 1.807) is 29.5 Å². The van der Waals surface area contributed by atoms with Gasteiger partial charge in [-0.15, -0.1) is 22.7 Å². The van der Waals surface area contributed by atoms with Crippen LogP contribution >= 0.6 is 34.3 Å². The first kappa shape index (κ1) is 13.3. The number of aryl methyl sites for hydroxylation is 1. The number of thiophene rings is 1. The molecule has 3 aromatic heterocycles. The van der Waals surface area contributed by atoms with Crippen LogP contribution in [0.5, 0.6) is 0 Å². The van der Waals surface area contributed by atoms with E-state index in [4.69, 9.17) is 11.6 Å². The van der Waals surface area contributed by atoms with Crippen molar-refractivity contribution in [2.75, 3.05) is 5.32 Å². The number of carbonyl (C=O) groups excluding carboxylic acids is 1. The molecular weight excluding hydrogens is 316 g/mol. The first-order chi connectivity index (χ1) is 9.61. The van der Waals surface area contributed by atoms with Crippen molar-refractivity contribution in [1.29, 1.82) is 0 Å². The number of aromatic nitrogens is 3. The minimum absolute atomic E-state index is 0.247. The Labute approximate surface area is 127 Å². The molecule has 0 saturated carbocycles. The van der Waals surface area contributed by atoms with Crippen LogP contribution in [0.4, 0.5) is 5.69 Å². The number of halogens is 1. The zero-order valence-corrected chi connectivity index (χ0v) is 12.7. The molecule has 0 aliphatic rings. The molecule has 3 heterocycles. The number of rotatable bonds is 3. The van der Waals surface area contributed by atoms with Gasteiger partial charge in [0.05, 0.1) is 21.1 Å². The molecule has 5 nitrogen and oxygen atoms in total. The lowest BCUT2D eigenvalue weighted by atomic mass is 10.4. The number of nitrogens with one attached hydrogen (secondary N) is 1. The highest BCUT2D eigenvalue weighted by Gasteiger charge is 2.13.